The molecule has 4 heterocycles. The Balaban J connectivity index is 1.56. The van der Waals surface area contributed by atoms with E-state index in [0.717, 1.165) is 25.9 Å². The van der Waals surface area contributed by atoms with Crippen LogP contribution in [0.25, 0.3) is 0 Å². The van der Waals surface area contributed by atoms with Crippen LogP contribution in [0.4, 0.5) is 0 Å². The van der Waals surface area contributed by atoms with Crippen molar-refractivity contribution in [2.75, 3.05) is 59.1 Å². The summed E-state index contributed by atoms with van der Waals surface area (Å²) in [5.74, 6) is -3.22. The monoisotopic (exact) mass is 493 g/mol. The molecule has 0 saturated carbocycles. The topological polar surface area (TPSA) is 120 Å². The normalized spacial score (nSPS) is 32.1. The second-order valence-corrected chi connectivity index (χ2v) is 10.1. The molecule has 5 atom stereocenters. The Morgan fingerprint density at radius 2 is 1.91 bits per heavy atom. The van der Waals surface area contributed by atoms with Crippen molar-refractivity contribution in [3.05, 3.63) is 12.7 Å². The molecule has 0 aromatic carbocycles. The van der Waals surface area contributed by atoms with Gasteiger partial charge < -0.3 is 29.5 Å². The average Bonchev–Trinajstić information content (AvgIpc) is 3.49. The highest BCUT2D eigenvalue weighted by atomic mass is 16.5. The van der Waals surface area contributed by atoms with Crippen LogP contribution in [0.2, 0.25) is 0 Å². The molecule has 10 nitrogen and oxygen atoms in total. The minimum Gasteiger partial charge on any atom is -0.481 e. The summed E-state index contributed by atoms with van der Waals surface area (Å²) >= 11 is 0. The number of fused-ring (bicyclic) bond motifs is 1. The fourth-order valence-electron chi connectivity index (χ4n) is 6.41. The molecule has 0 aliphatic carbocycles. The first-order chi connectivity index (χ1) is 16.9. The smallest absolute Gasteiger partial charge is 0.310 e. The molecule has 4 fully saturated rings. The minimum absolute atomic E-state index is 0.129. The van der Waals surface area contributed by atoms with Gasteiger partial charge in [-0.25, -0.2) is 0 Å². The van der Waals surface area contributed by atoms with E-state index in [1.807, 2.05) is 0 Å². The van der Waals surface area contributed by atoms with Crippen LogP contribution in [0, 0.1) is 11.8 Å². The fraction of sp³-hybridized carbons (Fsp3) is 0.800. The van der Waals surface area contributed by atoms with Crippen LogP contribution in [0.3, 0.4) is 0 Å². The van der Waals surface area contributed by atoms with Gasteiger partial charge in [0.1, 0.15) is 11.6 Å². The Labute approximate surface area is 206 Å². The maximum absolute atomic E-state index is 14.1. The first-order valence-electron chi connectivity index (χ1n) is 13.0. The van der Waals surface area contributed by atoms with Crippen molar-refractivity contribution in [2.24, 2.45) is 11.8 Å². The number of morpholine rings is 1. The summed E-state index contributed by atoms with van der Waals surface area (Å²) in [5.41, 5.74) is -1.08. The molecule has 10 heteroatoms. The van der Waals surface area contributed by atoms with Gasteiger partial charge in [-0.15, -0.1) is 6.58 Å². The van der Waals surface area contributed by atoms with Crippen molar-refractivity contribution in [1.82, 2.24) is 14.7 Å². The van der Waals surface area contributed by atoms with E-state index in [1.54, 1.807) is 15.9 Å². The van der Waals surface area contributed by atoms with Gasteiger partial charge in [-0.05, 0) is 25.7 Å². The largest absolute Gasteiger partial charge is 0.481 e. The number of carboxylic acid groups (broad SMARTS) is 1. The van der Waals surface area contributed by atoms with Crippen LogP contribution in [-0.4, -0.2) is 120 Å². The number of ether oxygens (including phenoxy) is 2. The first-order valence-corrected chi connectivity index (χ1v) is 13.0. The third-order valence-corrected chi connectivity index (χ3v) is 8.08. The van der Waals surface area contributed by atoms with E-state index >= 15 is 0 Å². The number of likely N-dealkylation sites (tertiary alicyclic amines) is 1. The molecule has 4 aliphatic rings. The SMILES string of the molecule is C=CCN(CCN1CCOCC1)C(=O)C1N(CCCCCCO)C(=O)[C@@H]2[C@H](C(=O)O)[C@@H]3CCC12O3. The lowest BCUT2D eigenvalue weighted by Crippen LogP contribution is -2.57. The quantitative estimate of drug-likeness (QED) is 0.279. The van der Waals surface area contributed by atoms with Gasteiger partial charge in [0.2, 0.25) is 11.8 Å². The number of rotatable bonds is 13. The molecule has 0 aromatic heterocycles. The van der Waals surface area contributed by atoms with E-state index in [2.05, 4.69) is 11.5 Å². The molecular weight excluding hydrogens is 454 g/mol. The van der Waals surface area contributed by atoms with Gasteiger partial charge >= 0.3 is 5.97 Å². The number of hydrogen-bond acceptors (Lipinski definition) is 7. The highest BCUT2D eigenvalue weighted by molar-refractivity contribution is 5.98. The van der Waals surface area contributed by atoms with Crippen LogP contribution < -0.4 is 0 Å². The highest BCUT2D eigenvalue weighted by Gasteiger charge is 2.74. The molecule has 4 rings (SSSR count). The van der Waals surface area contributed by atoms with Crippen molar-refractivity contribution in [3.8, 4) is 0 Å². The second kappa shape index (κ2) is 11.4. The van der Waals surface area contributed by atoms with Crippen molar-refractivity contribution < 1.29 is 34.1 Å². The van der Waals surface area contributed by atoms with Gasteiger partial charge in [0.05, 0.1) is 31.2 Å². The van der Waals surface area contributed by atoms with Gasteiger partial charge in [0.25, 0.3) is 0 Å². The molecule has 0 radical (unpaired) electrons. The van der Waals surface area contributed by atoms with Gasteiger partial charge in [-0.1, -0.05) is 18.9 Å². The maximum Gasteiger partial charge on any atom is 0.310 e. The number of aliphatic hydroxyl groups is 1. The fourth-order valence-corrected chi connectivity index (χ4v) is 6.41. The summed E-state index contributed by atoms with van der Waals surface area (Å²) < 4.78 is 11.7. The van der Waals surface area contributed by atoms with Gasteiger partial charge in [-0.3, -0.25) is 19.3 Å². The van der Waals surface area contributed by atoms with E-state index in [9.17, 15) is 19.5 Å². The van der Waals surface area contributed by atoms with Crippen LogP contribution in [0.5, 0.6) is 0 Å². The van der Waals surface area contributed by atoms with Crippen molar-refractivity contribution in [3.63, 3.8) is 0 Å². The molecule has 4 aliphatic heterocycles. The summed E-state index contributed by atoms with van der Waals surface area (Å²) in [6.07, 6.45) is 5.27. The zero-order valence-corrected chi connectivity index (χ0v) is 20.5. The van der Waals surface area contributed by atoms with E-state index in [0.29, 0.717) is 65.1 Å². The van der Waals surface area contributed by atoms with Gasteiger partial charge in [0, 0.05) is 45.9 Å². The summed E-state index contributed by atoms with van der Waals surface area (Å²) in [5, 5.41) is 18.9. The van der Waals surface area contributed by atoms with Crippen LogP contribution >= 0.6 is 0 Å². The number of hydrogen-bond donors (Lipinski definition) is 2. The lowest BCUT2D eigenvalue weighted by atomic mass is 9.70. The Bertz CT molecular complexity index is 802. The molecule has 0 aromatic rings. The summed E-state index contributed by atoms with van der Waals surface area (Å²) in [6, 6.07) is -0.822. The Morgan fingerprint density at radius 3 is 2.60 bits per heavy atom. The molecule has 2 bridgehead atoms. The van der Waals surface area contributed by atoms with Crippen LogP contribution in [0.15, 0.2) is 12.7 Å². The standard InChI is InChI=1S/C25H39N3O7/c1-2-9-27(12-11-26-13-16-34-17-14-26)23(31)21-25-8-7-18(35-25)19(24(32)33)20(25)22(30)28(21)10-5-3-4-6-15-29/h2,18-21,29H,1,3-17H2,(H,32,33)/t18-,19+,20-,21?,25?/m0/s1. The number of carboxylic acids is 1. The van der Waals surface area contributed by atoms with Gasteiger partial charge in [-0.2, -0.15) is 0 Å². The molecule has 2 amide bonds. The minimum atomic E-state index is -1.08. The number of aliphatic carboxylic acids is 1. The Hall–Kier alpha value is -2.01. The number of carbonyl (C=O) groups excluding carboxylic acids is 2. The second-order valence-electron chi connectivity index (χ2n) is 10.1. The van der Waals surface area contributed by atoms with E-state index < -0.39 is 35.6 Å². The molecule has 1 spiro atoms. The molecule has 196 valence electrons. The predicted molar refractivity (Wildman–Crippen MR) is 127 cm³/mol. The molecular formula is C25H39N3O7. The number of carbonyl (C=O) groups is 3. The number of unbranched alkanes of at least 4 members (excludes halogenated alkanes) is 3. The molecule has 2 N–H and O–H groups in total. The number of nitrogens with zero attached hydrogens (tertiary/aromatic N) is 3. The first kappa shape index (κ1) is 26.1. The lowest BCUT2D eigenvalue weighted by molar-refractivity contribution is -0.151. The third-order valence-electron chi connectivity index (χ3n) is 8.08. The maximum atomic E-state index is 14.1. The van der Waals surface area contributed by atoms with Gasteiger partial charge in [0.15, 0.2) is 0 Å². The summed E-state index contributed by atoms with van der Waals surface area (Å²) in [7, 11) is 0. The third kappa shape index (κ3) is 4.98. The van der Waals surface area contributed by atoms with E-state index in [1.165, 1.54) is 0 Å². The molecule has 35 heavy (non-hydrogen) atoms. The van der Waals surface area contributed by atoms with E-state index in [4.69, 9.17) is 14.6 Å². The van der Waals surface area contributed by atoms with E-state index in [-0.39, 0.29) is 18.4 Å². The predicted octanol–water partition coefficient (Wildman–Crippen LogP) is 0.345. The average molecular weight is 494 g/mol. The summed E-state index contributed by atoms with van der Waals surface area (Å²) in [4.78, 5) is 45.4. The highest BCUT2D eigenvalue weighted by Crippen LogP contribution is 2.58. The number of amides is 2. The Kier molecular flexibility index (Phi) is 8.46. The number of aliphatic hydroxyl groups excluding tert-OH is 1. The van der Waals surface area contributed by atoms with Crippen molar-refractivity contribution in [1.29, 1.82) is 0 Å². The summed E-state index contributed by atoms with van der Waals surface area (Å²) in [6.45, 7) is 8.85. The van der Waals surface area contributed by atoms with Crippen molar-refractivity contribution in [2.45, 2.75) is 56.3 Å². The van der Waals surface area contributed by atoms with Crippen molar-refractivity contribution >= 4 is 17.8 Å². The molecule has 2 unspecified atom stereocenters. The Morgan fingerprint density at radius 1 is 1.17 bits per heavy atom. The zero-order valence-electron chi connectivity index (χ0n) is 20.5. The van der Waals surface area contributed by atoms with Crippen LogP contribution in [-0.2, 0) is 23.9 Å². The molecule has 4 saturated heterocycles. The van der Waals surface area contributed by atoms with Crippen LogP contribution in [0.1, 0.15) is 38.5 Å². The lowest BCUT2D eigenvalue weighted by Gasteiger charge is -2.37. The zero-order chi connectivity index (χ0) is 25.0.